The minimum Gasteiger partial charge on any atom is -0.348 e. The van der Waals surface area contributed by atoms with E-state index in [9.17, 15) is 9.59 Å². The fourth-order valence-corrected chi connectivity index (χ4v) is 3.45. The number of carbonyl (C=O) groups is 2. The predicted molar refractivity (Wildman–Crippen MR) is 112 cm³/mol. The molecule has 3 aromatic carbocycles. The lowest BCUT2D eigenvalue weighted by Gasteiger charge is -2.18. The van der Waals surface area contributed by atoms with Crippen molar-refractivity contribution in [2.45, 2.75) is 6.54 Å². The Hall–Kier alpha value is -3.31. The summed E-state index contributed by atoms with van der Waals surface area (Å²) in [5.41, 5.74) is 5.13. The lowest BCUT2D eigenvalue weighted by atomic mass is 9.97. The monoisotopic (exact) mass is 391 g/mol. The Morgan fingerprint density at radius 2 is 1.75 bits per heavy atom. The van der Waals surface area contributed by atoms with E-state index in [4.69, 9.17) is 11.6 Å². The van der Waals surface area contributed by atoms with Crippen molar-refractivity contribution in [3.63, 3.8) is 0 Å². The molecule has 0 saturated heterocycles. The van der Waals surface area contributed by atoms with Gasteiger partial charge in [0.25, 0.3) is 5.91 Å². The molecule has 1 heterocycles. The van der Waals surface area contributed by atoms with E-state index in [0.29, 0.717) is 22.9 Å². The lowest BCUT2D eigenvalue weighted by Crippen LogP contribution is -2.31. The molecule has 1 aliphatic rings. The maximum Gasteiger partial charge on any atom is 0.326 e. The topological polar surface area (TPSA) is 61.4 Å². The zero-order chi connectivity index (χ0) is 19.7. The van der Waals surface area contributed by atoms with Crippen molar-refractivity contribution in [2.75, 3.05) is 17.3 Å². The lowest BCUT2D eigenvalue weighted by molar-refractivity contribution is 0.0965. The number of halogens is 1. The number of nitrogens with zero attached hydrogens (tertiary/aromatic N) is 1. The van der Waals surface area contributed by atoms with Crippen LogP contribution in [0.1, 0.15) is 15.9 Å². The summed E-state index contributed by atoms with van der Waals surface area (Å²) in [7, 11) is 1.69. The van der Waals surface area contributed by atoms with Crippen LogP contribution in [0.5, 0.6) is 0 Å². The summed E-state index contributed by atoms with van der Waals surface area (Å²) in [6.07, 6.45) is 0. The predicted octanol–water partition coefficient (Wildman–Crippen LogP) is 4.92. The first-order valence-corrected chi connectivity index (χ1v) is 9.21. The van der Waals surface area contributed by atoms with Crippen LogP contribution < -0.4 is 15.5 Å². The van der Waals surface area contributed by atoms with Gasteiger partial charge in [-0.2, -0.15) is 0 Å². The molecule has 0 aliphatic carbocycles. The number of anilines is 2. The molecule has 4 rings (SSSR count). The van der Waals surface area contributed by atoms with Gasteiger partial charge in [0, 0.05) is 35.6 Å². The molecule has 5 nitrogen and oxygen atoms in total. The maximum atomic E-state index is 12.5. The van der Waals surface area contributed by atoms with Gasteiger partial charge in [-0.1, -0.05) is 41.9 Å². The Labute approximate surface area is 167 Å². The van der Waals surface area contributed by atoms with Crippen LogP contribution in [0.4, 0.5) is 16.2 Å². The number of rotatable bonds is 3. The Morgan fingerprint density at radius 1 is 1.04 bits per heavy atom. The van der Waals surface area contributed by atoms with E-state index >= 15 is 0 Å². The van der Waals surface area contributed by atoms with Crippen molar-refractivity contribution in [3.05, 3.63) is 82.9 Å². The third kappa shape index (κ3) is 3.44. The molecule has 2 N–H and O–H groups in total. The number of hydrogen-bond donors (Lipinski definition) is 2. The van der Waals surface area contributed by atoms with Gasteiger partial charge in [0.1, 0.15) is 0 Å². The SMILES string of the molecule is CN(C(=O)Nc1ccc(-c2cccc3c2CNC3=O)cc1)c1cccc(Cl)c1. The molecular weight excluding hydrogens is 374 g/mol. The van der Waals surface area contributed by atoms with Crippen LogP contribution in [-0.4, -0.2) is 19.0 Å². The number of fused-ring (bicyclic) bond motifs is 1. The van der Waals surface area contributed by atoms with Gasteiger partial charge in [0.15, 0.2) is 0 Å². The first kappa shape index (κ1) is 18.1. The summed E-state index contributed by atoms with van der Waals surface area (Å²) in [6.45, 7) is 0.535. The highest BCUT2D eigenvalue weighted by atomic mass is 35.5. The number of nitrogens with one attached hydrogen (secondary N) is 2. The zero-order valence-electron chi connectivity index (χ0n) is 15.2. The average molecular weight is 392 g/mol. The fourth-order valence-electron chi connectivity index (χ4n) is 3.27. The Kier molecular flexibility index (Phi) is 4.75. The first-order valence-electron chi connectivity index (χ1n) is 8.84. The summed E-state index contributed by atoms with van der Waals surface area (Å²) < 4.78 is 0. The smallest absolute Gasteiger partial charge is 0.326 e. The Bertz CT molecular complexity index is 1060. The van der Waals surface area contributed by atoms with Crippen molar-refractivity contribution < 1.29 is 9.59 Å². The van der Waals surface area contributed by atoms with Crippen molar-refractivity contribution >= 4 is 34.9 Å². The van der Waals surface area contributed by atoms with Crippen LogP contribution in [-0.2, 0) is 6.54 Å². The summed E-state index contributed by atoms with van der Waals surface area (Å²) in [4.78, 5) is 25.9. The molecule has 28 heavy (non-hydrogen) atoms. The Balaban J connectivity index is 1.51. The van der Waals surface area contributed by atoms with Crippen LogP contribution in [0, 0.1) is 0 Å². The van der Waals surface area contributed by atoms with Crippen molar-refractivity contribution in [1.82, 2.24) is 5.32 Å². The maximum absolute atomic E-state index is 12.5. The quantitative estimate of drug-likeness (QED) is 0.665. The summed E-state index contributed by atoms with van der Waals surface area (Å²) in [5.74, 6) is -0.0372. The summed E-state index contributed by atoms with van der Waals surface area (Å²) in [5, 5.41) is 6.30. The fraction of sp³-hybridized carbons (Fsp3) is 0.0909. The largest absolute Gasteiger partial charge is 0.348 e. The highest BCUT2D eigenvalue weighted by Gasteiger charge is 2.21. The average Bonchev–Trinajstić information content (AvgIpc) is 3.09. The van der Waals surface area contributed by atoms with Crippen LogP contribution in [0.15, 0.2) is 66.7 Å². The van der Waals surface area contributed by atoms with E-state index in [1.807, 2.05) is 48.5 Å². The molecule has 0 radical (unpaired) electrons. The molecule has 0 atom stereocenters. The number of urea groups is 1. The number of benzene rings is 3. The molecule has 6 heteroatoms. The van der Waals surface area contributed by atoms with Gasteiger partial charge in [0.05, 0.1) is 0 Å². The second kappa shape index (κ2) is 7.37. The third-order valence-electron chi connectivity index (χ3n) is 4.79. The summed E-state index contributed by atoms with van der Waals surface area (Å²) >= 11 is 5.99. The molecule has 0 aromatic heterocycles. The molecule has 3 aromatic rings. The van der Waals surface area contributed by atoms with E-state index < -0.39 is 0 Å². The minimum absolute atomic E-state index is 0.0372. The number of hydrogen-bond acceptors (Lipinski definition) is 2. The van der Waals surface area contributed by atoms with Gasteiger partial charge in [-0.25, -0.2) is 4.79 Å². The molecule has 0 saturated carbocycles. The molecule has 140 valence electrons. The summed E-state index contributed by atoms with van der Waals surface area (Å²) in [6, 6.07) is 20.1. The van der Waals surface area contributed by atoms with E-state index in [2.05, 4.69) is 10.6 Å². The molecule has 0 fully saturated rings. The standard InChI is InChI=1S/C22H18ClN3O2/c1-26(17-5-2-4-15(23)12-17)22(28)25-16-10-8-14(9-11-16)18-6-3-7-19-20(18)13-24-21(19)27/h2-12H,13H2,1H3,(H,24,27)(H,25,28). The van der Waals surface area contributed by atoms with E-state index in [0.717, 1.165) is 22.3 Å². The zero-order valence-corrected chi connectivity index (χ0v) is 16.0. The molecule has 0 bridgehead atoms. The van der Waals surface area contributed by atoms with E-state index in [1.165, 1.54) is 4.90 Å². The highest BCUT2D eigenvalue weighted by Crippen LogP contribution is 2.30. The number of carbonyl (C=O) groups excluding carboxylic acids is 2. The highest BCUT2D eigenvalue weighted by molar-refractivity contribution is 6.31. The van der Waals surface area contributed by atoms with Gasteiger partial charge >= 0.3 is 6.03 Å². The van der Waals surface area contributed by atoms with Crippen molar-refractivity contribution in [1.29, 1.82) is 0 Å². The number of amides is 3. The molecule has 0 spiro atoms. The first-order chi connectivity index (χ1) is 13.5. The normalized spacial score (nSPS) is 12.3. The van der Waals surface area contributed by atoms with Crippen LogP contribution >= 0.6 is 11.6 Å². The van der Waals surface area contributed by atoms with Gasteiger partial charge in [-0.15, -0.1) is 0 Å². The van der Waals surface area contributed by atoms with Crippen molar-refractivity contribution in [2.24, 2.45) is 0 Å². The third-order valence-corrected chi connectivity index (χ3v) is 5.03. The molecule has 3 amide bonds. The van der Waals surface area contributed by atoms with Gasteiger partial charge in [-0.3, -0.25) is 9.69 Å². The van der Waals surface area contributed by atoms with Gasteiger partial charge in [0.2, 0.25) is 0 Å². The minimum atomic E-state index is -0.259. The van der Waals surface area contributed by atoms with E-state index in [1.54, 1.807) is 25.2 Å². The van der Waals surface area contributed by atoms with Crippen LogP contribution in [0.3, 0.4) is 0 Å². The molecule has 0 unspecified atom stereocenters. The molecular formula is C22H18ClN3O2. The second-order valence-electron chi connectivity index (χ2n) is 6.56. The van der Waals surface area contributed by atoms with Gasteiger partial charge in [-0.05, 0) is 53.1 Å². The van der Waals surface area contributed by atoms with Crippen LogP contribution in [0.2, 0.25) is 5.02 Å². The van der Waals surface area contributed by atoms with Gasteiger partial charge < -0.3 is 10.6 Å². The Morgan fingerprint density at radius 3 is 2.50 bits per heavy atom. The van der Waals surface area contributed by atoms with Crippen molar-refractivity contribution in [3.8, 4) is 11.1 Å². The second-order valence-corrected chi connectivity index (χ2v) is 7.00. The van der Waals surface area contributed by atoms with E-state index in [-0.39, 0.29) is 11.9 Å². The van der Waals surface area contributed by atoms with Crippen LogP contribution in [0.25, 0.3) is 11.1 Å². The molecule has 1 aliphatic heterocycles.